The van der Waals surface area contributed by atoms with Crippen LogP contribution in [0.2, 0.25) is 0 Å². The van der Waals surface area contributed by atoms with Crippen molar-refractivity contribution in [3.8, 4) is 17.2 Å². The van der Waals surface area contributed by atoms with Crippen molar-refractivity contribution >= 4 is 22.5 Å². The standard InChI is InChI=1S/C14H12O5/c1-7(15)10-6-11(17)13-9(14(10)18)4-3-5-12(13)19-8(2)16/h3-6,17-18H,1-2H3. The lowest BCUT2D eigenvalue weighted by Gasteiger charge is -2.11. The number of rotatable bonds is 2. The minimum atomic E-state index is -0.540. The van der Waals surface area contributed by atoms with E-state index < -0.39 is 5.97 Å². The van der Waals surface area contributed by atoms with Crippen molar-refractivity contribution in [2.75, 3.05) is 0 Å². The Bertz CT molecular complexity index is 688. The van der Waals surface area contributed by atoms with Crippen LogP contribution in [0.1, 0.15) is 24.2 Å². The molecule has 0 aliphatic rings. The van der Waals surface area contributed by atoms with Crippen LogP contribution in [-0.4, -0.2) is 22.0 Å². The molecule has 5 heteroatoms. The number of fused-ring (bicyclic) bond motifs is 1. The van der Waals surface area contributed by atoms with Gasteiger partial charge in [-0.1, -0.05) is 12.1 Å². The van der Waals surface area contributed by atoms with Gasteiger partial charge in [0.2, 0.25) is 0 Å². The lowest BCUT2D eigenvalue weighted by molar-refractivity contribution is -0.131. The van der Waals surface area contributed by atoms with Crippen LogP contribution in [0.4, 0.5) is 0 Å². The Kier molecular flexibility index (Phi) is 3.12. The van der Waals surface area contributed by atoms with E-state index in [2.05, 4.69) is 0 Å². The molecule has 98 valence electrons. The van der Waals surface area contributed by atoms with Crippen LogP contribution in [0.5, 0.6) is 17.2 Å². The molecule has 0 aliphatic heterocycles. The summed E-state index contributed by atoms with van der Waals surface area (Å²) in [6, 6.07) is 5.75. The van der Waals surface area contributed by atoms with Gasteiger partial charge in [0.05, 0.1) is 10.9 Å². The Morgan fingerprint density at radius 1 is 1.16 bits per heavy atom. The summed E-state index contributed by atoms with van der Waals surface area (Å²) in [6.07, 6.45) is 0. The van der Waals surface area contributed by atoms with E-state index >= 15 is 0 Å². The Labute approximate surface area is 109 Å². The molecule has 19 heavy (non-hydrogen) atoms. The molecule has 0 saturated heterocycles. The number of ketones is 1. The van der Waals surface area contributed by atoms with Gasteiger partial charge >= 0.3 is 5.97 Å². The van der Waals surface area contributed by atoms with Gasteiger partial charge in [-0.2, -0.15) is 0 Å². The van der Waals surface area contributed by atoms with Crippen molar-refractivity contribution in [2.24, 2.45) is 0 Å². The zero-order valence-corrected chi connectivity index (χ0v) is 10.4. The molecule has 0 aromatic heterocycles. The van der Waals surface area contributed by atoms with Crippen molar-refractivity contribution in [2.45, 2.75) is 13.8 Å². The predicted molar refractivity (Wildman–Crippen MR) is 68.6 cm³/mol. The summed E-state index contributed by atoms with van der Waals surface area (Å²) in [4.78, 5) is 22.4. The molecule has 0 amide bonds. The molecule has 0 fully saturated rings. The molecule has 0 atom stereocenters. The summed E-state index contributed by atoms with van der Waals surface area (Å²) >= 11 is 0. The summed E-state index contributed by atoms with van der Waals surface area (Å²) in [5.41, 5.74) is 0.0185. The second-order valence-electron chi connectivity index (χ2n) is 4.12. The van der Waals surface area contributed by atoms with Crippen LogP contribution in [0.15, 0.2) is 24.3 Å². The van der Waals surface area contributed by atoms with E-state index in [1.165, 1.54) is 26.0 Å². The normalized spacial score (nSPS) is 10.4. The number of ether oxygens (including phenoxy) is 1. The number of esters is 1. The fraction of sp³-hybridized carbons (Fsp3) is 0.143. The third-order valence-electron chi connectivity index (χ3n) is 2.71. The number of hydrogen-bond donors (Lipinski definition) is 2. The van der Waals surface area contributed by atoms with Crippen LogP contribution in [-0.2, 0) is 4.79 Å². The lowest BCUT2D eigenvalue weighted by Crippen LogP contribution is -2.02. The van der Waals surface area contributed by atoms with Gasteiger partial charge in [-0.3, -0.25) is 9.59 Å². The molecule has 2 N–H and O–H groups in total. The maximum Gasteiger partial charge on any atom is 0.308 e. The first-order chi connectivity index (χ1) is 8.91. The zero-order chi connectivity index (χ0) is 14.2. The van der Waals surface area contributed by atoms with Crippen LogP contribution >= 0.6 is 0 Å². The lowest BCUT2D eigenvalue weighted by atomic mass is 10.0. The van der Waals surface area contributed by atoms with Gasteiger partial charge in [0.15, 0.2) is 5.78 Å². The minimum absolute atomic E-state index is 0.0185. The Morgan fingerprint density at radius 3 is 2.42 bits per heavy atom. The number of Topliss-reactive ketones (excluding diaryl/α,β-unsaturated/α-hetero) is 1. The van der Waals surface area contributed by atoms with Gasteiger partial charge in [-0.15, -0.1) is 0 Å². The quantitative estimate of drug-likeness (QED) is 0.375. The van der Waals surface area contributed by atoms with Crippen LogP contribution in [0.25, 0.3) is 10.8 Å². The number of hydrogen-bond acceptors (Lipinski definition) is 5. The van der Waals surface area contributed by atoms with E-state index in [0.717, 1.165) is 6.07 Å². The van der Waals surface area contributed by atoms with E-state index in [4.69, 9.17) is 4.74 Å². The number of carbonyl (C=O) groups excluding carboxylic acids is 2. The van der Waals surface area contributed by atoms with Gasteiger partial charge in [-0.25, -0.2) is 0 Å². The van der Waals surface area contributed by atoms with Gasteiger partial charge in [-0.05, 0) is 19.1 Å². The molecule has 2 aromatic carbocycles. The first-order valence-corrected chi connectivity index (χ1v) is 5.59. The molecule has 2 rings (SSSR count). The fourth-order valence-electron chi connectivity index (χ4n) is 1.92. The van der Waals surface area contributed by atoms with E-state index in [-0.39, 0.29) is 39.4 Å². The Morgan fingerprint density at radius 2 is 1.84 bits per heavy atom. The van der Waals surface area contributed by atoms with Gasteiger partial charge < -0.3 is 14.9 Å². The molecular formula is C14H12O5. The molecular weight excluding hydrogens is 248 g/mol. The van der Waals surface area contributed by atoms with Crippen molar-refractivity contribution in [3.05, 3.63) is 29.8 Å². The molecule has 0 aliphatic carbocycles. The average Bonchev–Trinajstić information content (AvgIpc) is 2.32. The molecule has 0 radical (unpaired) electrons. The van der Waals surface area contributed by atoms with Crippen molar-refractivity contribution in [1.29, 1.82) is 0 Å². The van der Waals surface area contributed by atoms with Gasteiger partial charge in [0.25, 0.3) is 0 Å². The molecule has 5 nitrogen and oxygen atoms in total. The second kappa shape index (κ2) is 4.61. The first-order valence-electron chi connectivity index (χ1n) is 5.59. The number of phenolic OH excluding ortho intramolecular Hbond substituents is 2. The molecule has 0 saturated carbocycles. The summed E-state index contributed by atoms with van der Waals surface area (Å²) in [5, 5.41) is 20.4. The zero-order valence-electron chi connectivity index (χ0n) is 10.4. The minimum Gasteiger partial charge on any atom is -0.507 e. The maximum atomic E-state index is 11.4. The number of benzene rings is 2. The monoisotopic (exact) mass is 260 g/mol. The number of carbonyl (C=O) groups is 2. The Balaban J connectivity index is 2.81. The van der Waals surface area contributed by atoms with E-state index in [9.17, 15) is 19.8 Å². The SMILES string of the molecule is CC(=O)Oc1cccc2c(O)c(C(C)=O)cc(O)c12. The topological polar surface area (TPSA) is 83.8 Å². The average molecular weight is 260 g/mol. The van der Waals surface area contributed by atoms with Crippen molar-refractivity contribution < 1.29 is 24.5 Å². The maximum absolute atomic E-state index is 11.4. The summed E-state index contributed by atoms with van der Waals surface area (Å²) < 4.78 is 4.97. The highest BCUT2D eigenvalue weighted by molar-refractivity contribution is 6.07. The molecule has 0 spiro atoms. The molecule has 2 aromatic rings. The number of aromatic hydroxyl groups is 2. The molecule has 0 heterocycles. The van der Waals surface area contributed by atoms with Gasteiger partial charge in [0.1, 0.15) is 17.2 Å². The predicted octanol–water partition coefficient (Wildman–Crippen LogP) is 2.38. The number of phenols is 2. The Hall–Kier alpha value is -2.56. The highest BCUT2D eigenvalue weighted by Gasteiger charge is 2.17. The van der Waals surface area contributed by atoms with E-state index in [0.29, 0.717) is 0 Å². The summed E-state index contributed by atoms with van der Waals surface area (Å²) in [5.74, 6) is -1.24. The smallest absolute Gasteiger partial charge is 0.308 e. The third-order valence-corrected chi connectivity index (χ3v) is 2.71. The van der Waals surface area contributed by atoms with E-state index in [1.54, 1.807) is 6.07 Å². The van der Waals surface area contributed by atoms with Crippen LogP contribution in [0, 0.1) is 0 Å². The summed E-state index contributed by atoms with van der Waals surface area (Å²) in [7, 11) is 0. The van der Waals surface area contributed by atoms with Crippen molar-refractivity contribution in [3.63, 3.8) is 0 Å². The third kappa shape index (κ3) is 2.22. The molecule has 0 unspecified atom stereocenters. The highest BCUT2D eigenvalue weighted by Crippen LogP contribution is 2.40. The largest absolute Gasteiger partial charge is 0.507 e. The van der Waals surface area contributed by atoms with Crippen molar-refractivity contribution in [1.82, 2.24) is 0 Å². The van der Waals surface area contributed by atoms with Crippen LogP contribution in [0.3, 0.4) is 0 Å². The fourth-order valence-corrected chi connectivity index (χ4v) is 1.92. The molecule has 0 bridgehead atoms. The van der Waals surface area contributed by atoms with E-state index in [1.807, 2.05) is 0 Å². The highest BCUT2D eigenvalue weighted by atomic mass is 16.5. The second-order valence-corrected chi connectivity index (χ2v) is 4.12. The first kappa shape index (κ1) is 12.9. The summed E-state index contributed by atoms with van der Waals surface area (Å²) in [6.45, 7) is 2.52. The van der Waals surface area contributed by atoms with Crippen LogP contribution < -0.4 is 4.74 Å². The van der Waals surface area contributed by atoms with Gasteiger partial charge in [0, 0.05) is 12.3 Å².